The molecule has 2 aliphatic rings. The van der Waals surface area contributed by atoms with Crippen LogP contribution in [-0.2, 0) is 19.0 Å². The first-order valence-corrected chi connectivity index (χ1v) is 11.3. The molecule has 2 rings (SSSR count). The molecule has 0 bridgehead atoms. The van der Waals surface area contributed by atoms with E-state index < -0.39 is 49.6 Å². The predicted octanol–water partition coefficient (Wildman–Crippen LogP) is 1.84. The summed E-state index contributed by atoms with van der Waals surface area (Å²) in [6, 6.07) is 0. The van der Waals surface area contributed by atoms with Crippen LogP contribution in [0.1, 0.15) is 34.6 Å². The monoisotopic (exact) mass is 373 g/mol. The van der Waals surface area contributed by atoms with E-state index in [2.05, 4.69) is 10.0 Å². The molecule has 0 saturated carbocycles. The third-order valence-corrected chi connectivity index (χ3v) is 11.2. The maximum Gasteiger partial charge on any atom is 0.338 e. The molecule has 2 saturated heterocycles. The maximum atomic E-state index is 12.1. The van der Waals surface area contributed by atoms with Gasteiger partial charge in [0.2, 0.25) is 5.72 Å². The molecule has 5 atom stereocenters. The fourth-order valence-electron chi connectivity index (χ4n) is 3.06. The second-order valence-corrected chi connectivity index (χ2v) is 14.2. The van der Waals surface area contributed by atoms with Gasteiger partial charge in [-0.3, -0.25) is 0 Å². The highest BCUT2D eigenvalue weighted by Crippen LogP contribution is 2.46. The van der Waals surface area contributed by atoms with E-state index in [1.165, 1.54) is 0 Å². The van der Waals surface area contributed by atoms with E-state index in [1.54, 1.807) is 13.8 Å². The first-order valence-electron chi connectivity index (χ1n) is 8.20. The molecule has 2 fully saturated rings. The first-order chi connectivity index (χ1) is 11.2. The zero-order valence-electron chi connectivity index (χ0n) is 15.7. The highest BCUT2D eigenvalue weighted by molar-refractivity contribution is 6.81. The molecule has 0 unspecified atom stereocenters. The molecule has 25 heavy (non-hydrogen) atoms. The summed E-state index contributed by atoms with van der Waals surface area (Å²) in [5.74, 6) is -1.76. The van der Waals surface area contributed by atoms with Crippen molar-refractivity contribution in [3.05, 3.63) is 10.4 Å². The van der Waals surface area contributed by atoms with Crippen LogP contribution >= 0.6 is 0 Å². The van der Waals surface area contributed by atoms with E-state index >= 15 is 0 Å². The van der Waals surface area contributed by atoms with Crippen LogP contribution in [0.15, 0.2) is 5.11 Å². The lowest BCUT2D eigenvalue weighted by Gasteiger charge is -2.47. The van der Waals surface area contributed by atoms with Crippen molar-refractivity contribution in [2.75, 3.05) is 0 Å². The van der Waals surface area contributed by atoms with Crippen molar-refractivity contribution in [2.24, 2.45) is 5.11 Å². The Balaban J connectivity index is 2.47. The molecule has 0 aromatic carbocycles. The molecule has 0 aliphatic carbocycles. The van der Waals surface area contributed by atoms with Gasteiger partial charge in [0.15, 0.2) is 18.0 Å². The molecule has 0 radical (unpaired) electrons. The Hall–Kier alpha value is -1.16. The summed E-state index contributed by atoms with van der Waals surface area (Å²) in [5, 5.41) is 25.3. The minimum absolute atomic E-state index is 0.320. The van der Waals surface area contributed by atoms with Crippen molar-refractivity contribution in [1.82, 2.24) is 0 Å². The summed E-state index contributed by atoms with van der Waals surface area (Å²) in [7, 11) is -2.60. The van der Waals surface area contributed by atoms with E-state index in [4.69, 9.17) is 19.7 Å². The molecule has 9 nitrogen and oxygen atoms in total. The van der Waals surface area contributed by atoms with Crippen molar-refractivity contribution in [1.29, 1.82) is 0 Å². The van der Waals surface area contributed by atoms with E-state index in [0.29, 0.717) is 0 Å². The van der Waals surface area contributed by atoms with Gasteiger partial charge in [0.25, 0.3) is 0 Å². The quantitative estimate of drug-likeness (QED) is 0.254. The van der Waals surface area contributed by atoms with Crippen LogP contribution in [0, 0.1) is 0 Å². The zero-order valence-corrected chi connectivity index (χ0v) is 16.7. The first kappa shape index (κ1) is 20.2. The van der Waals surface area contributed by atoms with Gasteiger partial charge in [0.05, 0.1) is 13.8 Å². The van der Waals surface area contributed by atoms with Gasteiger partial charge >= 0.3 is 5.97 Å². The minimum Gasteiger partial charge on any atom is -0.454 e. The average Bonchev–Trinajstić information content (AvgIpc) is 2.91. The number of esters is 1. The van der Waals surface area contributed by atoms with Crippen molar-refractivity contribution in [3.8, 4) is 0 Å². The van der Waals surface area contributed by atoms with Gasteiger partial charge in [-0.25, -0.2) is 4.79 Å². The van der Waals surface area contributed by atoms with E-state index in [9.17, 15) is 15.0 Å². The summed E-state index contributed by atoms with van der Waals surface area (Å²) in [6.07, 6.45) is -3.36. The van der Waals surface area contributed by atoms with E-state index in [-0.39, 0.29) is 5.04 Å². The fourth-order valence-corrected chi connectivity index (χ4v) is 5.17. The third-order valence-electron chi connectivity index (χ3n) is 5.55. The standard InChI is InChI=1S/C15H27N3O6Si/c1-13(2,3)25(6,7)12(20)15(21,17-18-16)10-8-9(11(19)22-10)24-14(4,5)23-8/h8-10,12,20-21H,1-7H3/t8-,9+,10+,12-,15-/m1/s1. The molecule has 0 aromatic rings. The average molecular weight is 373 g/mol. The Morgan fingerprint density at radius 1 is 1.32 bits per heavy atom. The van der Waals surface area contributed by atoms with Gasteiger partial charge in [-0.15, -0.1) is 0 Å². The fraction of sp³-hybridized carbons (Fsp3) is 0.933. The Morgan fingerprint density at radius 2 is 1.88 bits per heavy atom. The summed E-state index contributed by atoms with van der Waals surface area (Å²) < 4.78 is 16.4. The molecular weight excluding hydrogens is 346 g/mol. The zero-order chi connectivity index (χ0) is 19.4. The number of ether oxygens (including phenoxy) is 3. The van der Waals surface area contributed by atoms with Gasteiger partial charge in [0, 0.05) is 4.91 Å². The smallest absolute Gasteiger partial charge is 0.338 e. The van der Waals surface area contributed by atoms with Gasteiger partial charge in [-0.1, -0.05) is 39.0 Å². The Labute approximate surface area is 147 Å². The van der Waals surface area contributed by atoms with E-state index in [1.807, 2.05) is 33.9 Å². The van der Waals surface area contributed by atoms with Crippen LogP contribution in [0.4, 0.5) is 0 Å². The van der Waals surface area contributed by atoms with E-state index in [0.717, 1.165) is 0 Å². The number of nitrogens with zero attached hydrogens (tertiary/aromatic N) is 3. The van der Waals surface area contributed by atoms with Crippen molar-refractivity contribution < 1.29 is 29.2 Å². The number of aliphatic hydroxyl groups excluding tert-OH is 1. The number of fused-ring (bicyclic) bond motifs is 1. The van der Waals surface area contributed by atoms with Crippen molar-refractivity contribution in [2.45, 2.75) is 88.3 Å². The SMILES string of the molecule is CC1(C)O[C@@H]2[C@H](O1)C(=O)O[C@@H]2[C@](O)(N=[N+]=[N-])[C@H](O)[Si](C)(C)C(C)(C)C. The summed E-state index contributed by atoms with van der Waals surface area (Å²) in [6.45, 7) is 12.8. The van der Waals surface area contributed by atoms with Crippen molar-refractivity contribution >= 4 is 14.0 Å². The van der Waals surface area contributed by atoms with Crippen LogP contribution < -0.4 is 0 Å². The molecule has 2 N–H and O–H groups in total. The number of cyclic esters (lactones) is 1. The molecule has 2 heterocycles. The van der Waals surface area contributed by atoms with Gasteiger partial charge < -0.3 is 24.4 Å². The number of rotatable bonds is 4. The van der Waals surface area contributed by atoms with Crippen LogP contribution in [-0.4, -0.2) is 59.8 Å². The predicted molar refractivity (Wildman–Crippen MR) is 91.0 cm³/mol. The normalized spacial score (nSPS) is 32.4. The second kappa shape index (κ2) is 5.93. The summed E-state index contributed by atoms with van der Waals surface area (Å²) >= 11 is 0. The molecule has 142 valence electrons. The largest absolute Gasteiger partial charge is 0.454 e. The number of carbonyl (C=O) groups excluding carboxylic acids is 1. The number of hydrogen-bond donors (Lipinski definition) is 2. The Morgan fingerprint density at radius 3 is 2.36 bits per heavy atom. The van der Waals surface area contributed by atoms with Crippen LogP contribution in [0.25, 0.3) is 10.4 Å². The topological polar surface area (TPSA) is 134 Å². The lowest BCUT2D eigenvalue weighted by Crippen LogP contribution is -2.66. The molecular formula is C15H27N3O6Si. The summed E-state index contributed by atoms with van der Waals surface area (Å²) in [5.41, 5.74) is 5.24. The molecule has 0 spiro atoms. The molecule has 10 heteroatoms. The van der Waals surface area contributed by atoms with Gasteiger partial charge in [0.1, 0.15) is 6.10 Å². The Bertz CT molecular complexity index is 613. The van der Waals surface area contributed by atoms with Gasteiger partial charge in [-0.05, 0) is 24.4 Å². The number of carbonyl (C=O) groups is 1. The minimum atomic E-state index is -2.60. The van der Waals surface area contributed by atoms with Crippen LogP contribution in [0.5, 0.6) is 0 Å². The highest BCUT2D eigenvalue weighted by Gasteiger charge is 2.66. The molecule has 0 amide bonds. The lowest BCUT2D eigenvalue weighted by atomic mass is 10.0. The second-order valence-electron chi connectivity index (χ2n) is 8.72. The third kappa shape index (κ3) is 3.18. The van der Waals surface area contributed by atoms with Crippen LogP contribution in [0.2, 0.25) is 18.1 Å². The Kier molecular flexibility index (Phi) is 4.78. The lowest BCUT2D eigenvalue weighted by molar-refractivity contribution is -0.211. The van der Waals surface area contributed by atoms with Crippen molar-refractivity contribution in [3.63, 3.8) is 0 Å². The number of azide groups is 1. The highest BCUT2D eigenvalue weighted by atomic mass is 28.3. The molecule has 2 aliphatic heterocycles. The summed E-state index contributed by atoms with van der Waals surface area (Å²) in [4.78, 5) is 14.8. The van der Waals surface area contributed by atoms with Crippen LogP contribution in [0.3, 0.4) is 0 Å². The molecule has 0 aromatic heterocycles. The van der Waals surface area contributed by atoms with Gasteiger partial charge in [-0.2, -0.15) is 0 Å². The maximum absolute atomic E-state index is 12.1. The number of hydrogen-bond acceptors (Lipinski definition) is 7. The number of aliphatic hydroxyl groups is 2.